The van der Waals surface area contributed by atoms with E-state index in [1.807, 2.05) is 36.2 Å². The average Bonchev–Trinajstić information content (AvgIpc) is 2.47. The number of carbonyl (C=O) groups excluding carboxylic acids is 1. The second-order valence-electron chi connectivity index (χ2n) is 4.91. The van der Waals surface area contributed by atoms with E-state index >= 15 is 0 Å². The molecule has 0 aliphatic carbocycles. The number of rotatable bonds is 3. The highest BCUT2D eigenvalue weighted by molar-refractivity contribution is 5.94. The number of likely N-dealkylation sites (tertiary alicyclic amines) is 1. The van der Waals surface area contributed by atoms with Gasteiger partial charge in [-0.25, -0.2) is 0 Å². The molecule has 1 aliphatic rings. The number of nitrogens with one attached hydrogen (secondary N) is 1. The van der Waals surface area contributed by atoms with E-state index in [1.54, 1.807) is 0 Å². The van der Waals surface area contributed by atoms with Crippen LogP contribution in [0.25, 0.3) is 0 Å². The Hall–Kier alpha value is -1.35. The largest absolute Gasteiger partial charge is 0.339 e. The van der Waals surface area contributed by atoms with E-state index in [-0.39, 0.29) is 5.91 Å². The Labute approximate surface area is 109 Å². The van der Waals surface area contributed by atoms with E-state index in [2.05, 4.69) is 12.2 Å². The van der Waals surface area contributed by atoms with Crippen molar-refractivity contribution in [2.24, 2.45) is 0 Å². The van der Waals surface area contributed by atoms with Gasteiger partial charge in [-0.2, -0.15) is 0 Å². The summed E-state index contributed by atoms with van der Waals surface area (Å²) in [6.07, 6.45) is 3.12. The molecular formula is C15H22N2O. The Morgan fingerprint density at radius 1 is 1.28 bits per heavy atom. The van der Waals surface area contributed by atoms with Crippen LogP contribution >= 0.6 is 0 Å². The van der Waals surface area contributed by atoms with Gasteiger partial charge in [-0.1, -0.05) is 19.1 Å². The Bertz CT molecular complexity index is 391. The quantitative estimate of drug-likeness (QED) is 0.885. The average molecular weight is 246 g/mol. The molecule has 98 valence electrons. The highest BCUT2D eigenvalue weighted by atomic mass is 16.2. The molecule has 0 bridgehead atoms. The molecule has 3 heteroatoms. The van der Waals surface area contributed by atoms with Crippen LogP contribution in [0.3, 0.4) is 0 Å². The SMILES string of the molecule is CCc1ccc(C(=O)N2CCC(NC)CC2)cc1. The van der Waals surface area contributed by atoms with Crippen molar-refractivity contribution in [2.45, 2.75) is 32.2 Å². The van der Waals surface area contributed by atoms with Gasteiger partial charge in [-0.3, -0.25) is 4.79 Å². The van der Waals surface area contributed by atoms with E-state index < -0.39 is 0 Å². The lowest BCUT2D eigenvalue weighted by molar-refractivity contribution is 0.0707. The van der Waals surface area contributed by atoms with Gasteiger partial charge in [0.25, 0.3) is 5.91 Å². The first kappa shape index (κ1) is 13.1. The number of piperidine rings is 1. The summed E-state index contributed by atoms with van der Waals surface area (Å²) >= 11 is 0. The van der Waals surface area contributed by atoms with Crippen LogP contribution in [0.4, 0.5) is 0 Å². The van der Waals surface area contributed by atoms with Gasteiger partial charge in [0.1, 0.15) is 0 Å². The van der Waals surface area contributed by atoms with Crippen LogP contribution in [-0.2, 0) is 6.42 Å². The van der Waals surface area contributed by atoms with E-state index in [9.17, 15) is 4.79 Å². The maximum absolute atomic E-state index is 12.3. The second-order valence-corrected chi connectivity index (χ2v) is 4.91. The zero-order valence-electron chi connectivity index (χ0n) is 11.3. The third-order valence-electron chi connectivity index (χ3n) is 3.80. The molecule has 1 aromatic rings. The molecule has 1 saturated heterocycles. The molecule has 0 spiro atoms. The fourth-order valence-electron chi connectivity index (χ4n) is 2.44. The van der Waals surface area contributed by atoms with Crippen LogP contribution in [0, 0.1) is 0 Å². The van der Waals surface area contributed by atoms with Crippen molar-refractivity contribution in [2.75, 3.05) is 20.1 Å². The Balaban J connectivity index is 1.98. The molecule has 1 aliphatic heterocycles. The standard InChI is InChI=1S/C15H22N2O/c1-3-12-4-6-13(7-5-12)15(18)17-10-8-14(16-2)9-11-17/h4-7,14,16H,3,8-11H2,1-2H3. The first-order valence-electron chi connectivity index (χ1n) is 6.80. The molecule has 1 N–H and O–H groups in total. The lowest BCUT2D eigenvalue weighted by Gasteiger charge is -2.31. The van der Waals surface area contributed by atoms with Crippen LogP contribution in [0.2, 0.25) is 0 Å². The predicted molar refractivity (Wildman–Crippen MR) is 73.8 cm³/mol. The summed E-state index contributed by atoms with van der Waals surface area (Å²) in [7, 11) is 1.99. The number of aryl methyl sites for hydroxylation is 1. The first-order valence-corrected chi connectivity index (χ1v) is 6.80. The zero-order chi connectivity index (χ0) is 13.0. The van der Waals surface area contributed by atoms with Gasteiger partial charge in [0.05, 0.1) is 0 Å². The molecule has 2 rings (SSSR count). The fourth-order valence-corrected chi connectivity index (χ4v) is 2.44. The Morgan fingerprint density at radius 2 is 1.89 bits per heavy atom. The van der Waals surface area contributed by atoms with Crippen molar-refractivity contribution in [1.82, 2.24) is 10.2 Å². The normalized spacial score (nSPS) is 16.9. The number of carbonyl (C=O) groups is 1. The van der Waals surface area contributed by atoms with Crippen molar-refractivity contribution in [3.8, 4) is 0 Å². The highest BCUT2D eigenvalue weighted by Gasteiger charge is 2.22. The topological polar surface area (TPSA) is 32.3 Å². The summed E-state index contributed by atoms with van der Waals surface area (Å²) in [6.45, 7) is 3.85. The van der Waals surface area contributed by atoms with Crippen LogP contribution in [0.15, 0.2) is 24.3 Å². The lowest BCUT2D eigenvalue weighted by Crippen LogP contribution is -2.43. The number of benzene rings is 1. The van der Waals surface area contributed by atoms with E-state index in [0.29, 0.717) is 6.04 Å². The van der Waals surface area contributed by atoms with Crippen LogP contribution in [0.1, 0.15) is 35.7 Å². The number of amides is 1. The number of hydrogen-bond acceptors (Lipinski definition) is 2. The summed E-state index contributed by atoms with van der Waals surface area (Å²) in [5, 5.41) is 3.28. The monoisotopic (exact) mass is 246 g/mol. The summed E-state index contributed by atoms with van der Waals surface area (Å²) < 4.78 is 0. The van der Waals surface area contributed by atoms with Gasteiger partial charge < -0.3 is 10.2 Å². The fraction of sp³-hybridized carbons (Fsp3) is 0.533. The number of hydrogen-bond donors (Lipinski definition) is 1. The molecule has 1 heterocycles. The Morgan fingerprint density at radius 3 is 2.39 bits per heavy atom. The highest BCUT2D eigenvalue weighted by Crippen LogP contribution is 2.14. The van der Waals surface area contributed by atoms with Crippen molar-refractivity contribution < 1.29 is 4.79 Å². The predicted octanol–water partition coefficient (Wildman–Crippen LogP) is 2.07. The minimum absolute atomic E-state index is 0.173. The Kier molecular flexibility index (Phi) is 4.37. The van der Waals surface area contributed by atoms with Crippen molar-refractivity contribution in [3.05, 3.63) is 35.4 Å². The first-order chi connectivity index (χ1) is 8.74. The summed E-state index contributed by atoms with van der Waals surface area (Å²) in [6, 6.07) is 8.56. The molecule has 3 nitrogen and oxygen atoms in total. The van der Waals surface area contributed by atoms with Crippen molar-refractivity contribution in [3.63, 3.8) is 0 Å². The maximum Gasteiger partial charge on any atom is 0.253 e. The molecule has 0 radical (unpaired) electrons. The minimum atomic E-state index is 0.173. The molecule has 0 atom stereocenters. The lowest BCUT2D eigenvalue weighted by atomic mass is 10.0. The smallest absolute Gasteiger partial charge is 0.253 e. The molecule has 18 heavy (non-hydrogen) atoms. The van der Waals surface area contributed by atoms with Crippen molar-refractivity contribution in [1.29, 1.82) is 0 Å². The molecule has 1 fully saturated rings. The molecule has 1 amide bonds. The van der Waals surface area contributed by atoms with Gasteiger partial charge in [0.2, 0.25) is 0 Å². The molecule has 0 unspecified atom stereocenters. The van der Waals surface area contributed by atoms with Gasteiger partial charge >= 0.3 is 0 Å². The van der Waals surface area contributed by atoms with Crippen LogP contribution in [0.5, 0.6) is 0 Å². The third-order valence-corrected chi connectivity index (χ3v) is 3.80. The minimum Gasteiger partial charge on any atom is -0.339 e. The maximum atomic E-state index is 12.3. The van der Waals surface area contributed by atoms with Gasteiger partial charge in [-0.15, -0.1) is 0 Å². The number of nitrogens with zero attached hydrogens (tertiary/aromatic N) is 1. The molecular weight excluding hydrogens is 224 g/mol. The second kappa shape index (κ2) is 6.01. The van der Waals surface area contributed by atoms with Crippen LogP contribution < -0.4 is 5.32 Å². The van der Waals surface area contributed by atoms with E-state index in [1.165, 1.54) is 5.56 Å². The van der Waals surface area contributed by atoms with Gasteiger partial charge in [-0.05, 0) is 44.0 Å². The summed E-state index contributed by atoms with van der Waals surface area (Å²) in [5.41, 5.74) is 2.09. The van der Waals surface area contributed by atoms with E-state index in [0.717, 1.165) is 37.9 Å². The molecule has 1 aromatic carbocycles. The third kappa shape index (κ3) is 2.91. The van der Waals surface area contributed by atoms with Gasteiger partial charge in [0.15, 0.2) is 0 Å². The summed E-state index contributed by atoms with van der Waals surface area (Å²) in [4.78, 5) is 14.3. The van der Waals surface area contributed by atoms with Gasteiger partial charge in [0, 0.05) is 24.7 Å². The summed E-state index contributed by atoms with van der Waals surface area (Å²) in [5.74, 6) is 0.173. The zero-order valence-corrected chi connectivity index (χ0v) is 11.3. The molecule has 0 aromatic heterocycles. The molecule has 0 saturated carbocycles. The van der Waals surface area contributed by atoms with Crippen molar-refractivity contribution >= 4 is 5.91 Å². The van der Waals surface area contributed by atoms with E-state index in [4.69, 9.17) is 0 Å². The van der Waals surface area contributed by atoms with Crippen LogP contribution in [-0.4, -0.2) is 37.0 Å².